The second-order valence-corrected chi connectivity index (χ2v) is 9.76. The predicted octanol–water partition coefficient (Wildman–Crippen LogP) is 4.95. The Hall–Kier alpha value is 0.335. The van der Waals surface area contributed by atoms with Crippen molar-refractivity contribution < 1.29 is 14.0 Å². The highest BCUT2D eigenvalue weighted by Gasteiger charge is 2.41. The highest BCUT2D eigenvalue weighted by atomic mass is 31.2. The van der Waals surface area contributed by atoms with Crippen molar-refractivity contribution in [3.8, 4) is 0 Å². The van der Waals surface area contributed by atoms with Crippen molar-refractivity contribution in [2.24, 2.45) is 5.92 Å². The van der Waals surface area contributed by atoms with E-state index in [1.807, 2.05) is 0 Å². The van der Waals surface area contributed by atoms with E-state index < -0.39 is 8.30 Å². The van der Waals surface area contributed by atoms with Crippen molar-refractivity contribution in [1.82, 2.24) is 4.67 Å². The van der Waals surface area contributed by atoms with Crippen molar-refractivity contribution in [2.45, 2.75) is 104 Å². The van der Waals surface area contributed by atoms with Crippen LogP contribution in [0.5, 0.6) is 0 Å². The minimum Gasteiger partial charge on any atom is -0.382 e. The quantitative estimate of drug-likeness (QED) is 0.255. The molecule has 1 aliphatic heterocycles. The molecule has 1 saturated heterocycles. The van der Waals surface area contributed by atoms with E-state index in [1.165, 1.54) is 6.42 Å². The molecule has 2 radical (unpaired) electrons. The third-order valence-corrected chi connectivity index (χ3v) is 7.60. The summed E-state index contributed by atoms with van der Waals surface area (Å²) in [6, 6.07) is 0.688. The molecule has 1 rings (SSSR count). The van der Waals surface area contributed by atoms with Gasteiger partial charge in [-0.2, -0.15) is 0 Å². The van der Waals surface area contributed by atoms with Gasteiger partial charge in [0.15, 0.2) is 0 Å². The fourth-order valence-electron chi connectivity index (χ4n) is 3.55. The van der Waals surface area contributed by atoms with Crippen LogP contribution in [-0.2, 0) is 14.0 Å². The Balaban J connectivity index is 2.73. The summed E-state index contributed by atoms with van der Waals surface area (Å²) < 4.78 is 21.0. The van der Waals surface area contributed by atoms with Crippen LogP contribution in [0.2, 0.25) is 0 Å². The molecule has 1 aliphatic rings. The summed E-state index contributed by atoms with van der Waals surface area (Å²) in [6.07, 6.45) is 5.53. The van der Waals surface area contributed by atoms with Crippen LogP contribution >= 0.6 is 8.30 Å². The summed E-state index contributed by atoms with van der Waals surface area (Å²) in [5.41, 5.74) is 0. The Morgan fingerprint density at radius 1 is 1.08 bits per heavy atom. The van der Waals surface area contributed by atoms with Gasteiger partial charge in [-0.3, -0.25) is 4.67 Å². The van der Waals surface area contributed by atoms with Gasteiger partial charge in [-0.1, -0.05) is 27.2 Å². The molecule has 152 valence electrons. The lowest BCUT2D eigenvalue weighted by atomic mass is 9.86. The average molecular weight is 385 g/mol. The molecule has 0 saturated carbocycles. The lowest BCUT2D eigenvalue weighted by molar-refractivity contribution is 0.0397. The summed E-state index contributed by atoms with van der Waals surface area (Å²) in [5.74, 6) is 0.229. The van der Waals surface area contributed by atoms with Gasteiger partial charge in [0.05, 0.1) is 12.2 Å². The van der Waals surface area contributed by atoms with Crippen LogP contribution in [0.25, 0.3) is 0 Å². The zero-order valence-corrected chi connectivity index (χ0v) is 19.0. The standard InChI is InChI=1S/C20H41BNO3P/c1-8-10-12-23-13-11-14-26(22(15(3)4)16(5)6)25-19-17(7)20(21)24-18(19)9-2/h15-20H,8-14H2,1-7H3. The van der Waals surface area contributed by atoms with Crippen LogP contribution in [0.3, 0.4) is 0 Å². The third kappa shape index (κ3) is 7.39. The van der Waals surface area contributed by atoms with Crippen molar-refractivity contribution in [1.29, 1.82) is 0 Å². The first-order chi connectivity index (χ1) is 12.3. The average Bonchev–Trinajstić information content (AvgIpc) is 2.84. The van der Waals surface area contributed by atoms with Gasteiger partial charge in [-0.25, -0.2) is 0 Å². The van der Waals surface area contributed by atoms with Crippen molar-refractivity contribution in [3.63, 3.8) is 0 Å². The van der Waals surface area contributed by atoms with E-state index in [2.05, 4.69) is 53.1 Å². The van der Waals surface area contributed by atoms with E-state index in [-0.39, 0.29) is 24.1 Å². The normalized spacial score (nSPS) is 27.8. The molecular formula is C20H41BNO3P. The van der Waals surface area contributed by atoms with Crippen LogP contribution in [0, 0.1) is 5.92 Å². The first-order valence-corrected chi connectivity index (χ1v) is 11.9. The molecule has 4 nitrogen and oxygen atoms in total. The number of hydrogen-bond donors (Lipinski definition) is 0. The maximum atomic E-state index is 6.74. The Labute approximate surface area is 165 Å². The largest absolute Gasteiger partial charge is 0.382 e. The summed E-state index contributed by atoms with van der Waals surface area (Å²) in [7, 11) is 5.45. The zero-order valence-electron chi connectivity index (χ0n) is 18.1. The van der Waals surface area contributed by atoms with Gasteiger partial charge in [0.1, 0.15) is 16.1 Å². The molecular weight excluding hydrogens is 344 g/mol. The molecule has 0 aromatic heterocycles. The van der Waals surface area contributed by atoms with Crippen LogP contribution in [0.4, 0.5) is 0 Å². The van der Waals surface area contributed by atoms with E-state index >= 15 is 0 Å². The maximum absolute atomic E-state index is 6.74. The van der Waals surface area contributed by atoms with E-state index in [0.717, 1.165) is 38.6 Å². The highest BCUT2D eigenvalue weighted by Crippen LogP contribution is 2.49. The van der Waals surface area contributed by atoms with E-state index in [1.54, 1.807) is 0 Å². The summed E-state index contributed by atoms with van der Waals surface area (Å²) >= 11 is 0. The molecule has 1 fully saturated rings. The van der Waals surface area contributed by atoms with Gasteiger partial charge in [0.2, 0.25) is 0 Å². The summed E-state index contributed by atoms with van der Waals surface area (Å²) in [6.45, 7) is 17.2. The monoisotopic (exact) mass is 385 g/mol. The predicted molar refractivity (Wildman–Crippen MR) is 113 cm³/mol. The lowest BCUT2D eigenvalue weighted by Crippen LogP contribution is -2.37. The van der Waals surface area contributed by atoms with Gasteiger partial charge < -0.3 is 14.0 Å². The molecule has 6 heteroatoms. The minimum absolute atomic E-state index is 0.0853. The maximum Gasteiger partial charge on any atom is 0.109 e. The minimum atomic E-state index is -0.699. The van der Waals surface area contributed by atoms with Crippen LogP contribution < -0.4 is 0 Å². The SMILES string of the molecule is [B]C1OC(CC)C(OP(CCCOCCCC)N(C(C)C)C(C)C)C1C. The number of unbranched alkanes of at least 4 members (excludes halogenated alkanes) is 1. The summed E-state index contributed by atoms with van der Waals surface area (Å²) in [4.78, 5) is 0. The number of ether oxygens (including phenoxy) is 2. The van der Waals surface area contributed by atoms with E-state index in [9.17, 15) is 0 Å². The van der Waals surface area contributed by atoms with Gasteiger partial charge in [-0.05, 0) is 47.0 Å². The molecule has 0 aliphatic carbocycles. The van der Waals surface area contributed by atoms with Crippen molar-refractivity contribution in [3.05, 3.63) is 0 Å². The molecule has 0 amide bonds. The van der Waals surface area contributed by atoms with Gasteiger partial charge >= 0.3 is 0 Å². The molecule has 0 spiro atoms. The topological polar surface area (TPSA) is 30.9 Å². The first-order valence-electron chi connectivity index (χ1n) is 10.5. The molecule has 1 heterocycles. The van der Waals surface area contributed by atoms with E-state index in [0.29, 0.717) is 12.1 Å². The molecule has 0 aromatic carbocycles. The molecule has 26 heavy (non-hydrogen) atoms. The van der Waals surface area contributed by atoms with Crippen LogP contribution in [0.1, 0.15) is 74.1 Å². The highest BCUT2D eigenvalue weighted by molar-refractivity contribution is 7.50. The molecule has 0 bridgehead atoms. The third-order valence-electron chi connectivity index (χ3n) is 4.98. The number of hydrogen-bond acceptors (Lipinski definition) is 4. The lowest BCUT2D eigenvalue weighted by Gasteiger charge is -2.39. The van der Waals surface area contributed by atoms with Crippen molar-refractivity contribution in [2.75, 3.05) is 19.4 Å². The number of nitrogens with zero attached hydrogens (tertiary/aromatic N) is 1. The van der Waals surface area contributed by atoms with Gasteiger partial charge in [-0.15, -0.1) is 0 Å². The fourth-order valence-corrected chi connectivity index (χ4v) is 6.03. The second-order valence-electron chi connectivity index (χ2n) is 7.94. The molecule has 5 atom stereocenters. The zero-order chi connectivity index (χ0) is 19.7. The van der Waals surface area contributed by atoms with E-state index in [4.69, 9.17) is 21.8 Å². The first kappa shape index (κ1) is 24.4. The Morgan fingerprint density at radius 3 is 2.23 bits per heavy atom. The Morgan fingerprint density at radius 2 is 1.69 bits per heavy atom. The van der Waals surface area contributed by atoms with Gasteiger partial charge in [0.25, 0.3) is 0 Å². The fraction of sp³-hybridized carbons (Fsp3) is 1.00. The summed E-state index contributed by atoms with van der Waals surface area (Å²) in [5, 5.41) is 0. The van der Waals surface area contributed by atoms with Crippen LogP contribution in [0.15, 0.2) is 0 Å². The number of rotatable bonds is 13. The smallest absolute Gasteiger partial charge is 0.109 e. The molecule has 5 unspecified atom stereocenters. The Bertz CT molecular complexity index is 365. The molecule has 0 aromatic rings. The Kier molecular flexibility index (Phi) is 11.9. The van der Waals surface area contributed by atoms with Gasteiger partial charge in [0, 0.05) is 43.4 Å². The second kappa shape index (κ2) is 12.7. The molecule has 0 N–H and O–H groups in total. The van der Waals surface area contributed by atoms with Crippen LogP contribution in [-0.4, -0.2) is 62.2 Å². The van der Waals surface area contributed by atoms with Crippen molar-refractivity contribution >= 4 is 16.1 Å².